The maximum absolute atomic E-state index is 12.4. The molecule has 27 heavy (non-hydrogen) atoms. The van der Waals surface area contributed by atoms with E-state index in [9.17, 15) is 4.79 Å². The van der Waals surface area contributed by atoms with Crippen molar-refractivity contribution in [3.05, 3.63) is 48.2 Å². The van der Waals surface area contributed by atoms with Crippen molar-refractivity contribution in [1.29, 1.82) is 0 Å². The summed E-state index contributed by atoms with van der Waals surface area (Å²) in [5.74, 6) is 0.909. The number of benzene rings is 1. The van der Waals surface area contributed by atoms with E-state index in [4.69, 9.17) is 4.74 Å². The van der Waals surface area contributed by atoms with E-state index in [1.54, 1.807) is 17.1 Å². The number of aryl methyl sites for hydroxylation is 2. The van der Waals surface area contributed by atoms with E-state index in [2.05, 4.69) is 40.0 Å². The molecule has 1 aromatic carbocycles. The summed E-state index contributed by atoms with van der Waals surface area (Å²) in [4.78, 5) is 24.1. The first kappa shape index (κ1) is 17.6. The zero-order valence-corrected chi connectivity index (χ0v) is 15.8. The summed E-state index contributed by atoms with van der Waals surface area (Å²) in [6, 6.07) is 8.25. The quantitative estimate of drug-likeness (QED) is 0.750. The molecular weight excluding hydrogens is 342 g/mol. The van der Waals surface area contributed by atoms with Gasteiger partial charge in [-0.3, -0.25) is 9.69 Å². The third kappa shape index (κ3) is 3.98. The van der Waals surface area contributed by atoms with E-state index in [-0.39, 0.29) is 5.91 Å². The van der Waals surface area contributed by atoms with E-state index in [0.717, 1.165) is 49.7 Å². The van der Waals surface area contributed by atoms with Crippen LogP contribution in [0.4, 0.5) is 0 Å². The van der Waals surface area contributed by atoms with Gasteiger partial charge in [0.15, 0.2) is 0 Å². The molecule has 3 aromatic rings. The minimum Gasteiger partial charge on any atom is -0.492 e. The Morgan fingerprint density at radius 3 is 2.78 bits per heavy atom. The van der Waals surface area contributed by atoms with E-state index >= 15 is 0 Å². The van der Waals surface area contributed by atoms with Gasteiger partial charge < -0.3 is 19.2 Å². The zero-order chi connectivity index (χ0) is 18.8. The summed E-state index contributed by atoms with van der Waals surface area (Å²) in [6.07, 6.45) is 3.43. The van der Waals surface area contributed by atoms with Gasteiger partial charge in [0.05, 0.1) is 6.33 Å². The van der Waals surface area contributed by atoms with Crippen LogP contribution in [0.15, 0.2) is 36.8 Å². The number of carbonyl (C=O) groups is 1. The first-order valence-corrected chi connectivity index (χ1v) is 9.30. The minimum absolute atomic E-state index is 0.0154. The van der Waals surface area contributed by atoms with Crippen LogP contribution in [-0.2, 0) is 7.05 Å². The van der Waals surface area contributed by atoms with Crippen LogP contribution >= 0.6 is 0 Å². The lowest BCUT2D eigenvalue weighted by molar-refractivity contribution is 0.0615. The number of nitrogens with zero attached hydrogens (tertiary/aromatic N) is 4. The molecule has 7 heteroatoms. The highest BCUT2D eigenvalue weighted by Gasteiger charge is 2.23. The molecule has 1 aliphatic rings. The number of ether oxygens (including phenoxy) is 1. The number of hydrogen-bond acceptors (Lipinski definition) is 4. The number of fused-ring (bicyclic) bond motifs is 1. The lowest BCUT2D eigenvalue weighted by atomic mass is 10.2. The van der Waals surface area contributed by atoms with Gasteiger partial charge in [0.25, 0.3) is 5.91 Å². The van der Waals surface area contributed by atoms with Gasteiger partial charge in [-0.1, -0.05) is 0 Å². The molecule has 3 heterocycles. The predicted octanol–water partition coefficient (Wildman–Crippen LogP) is 2.05. The fourth-order valence-electron chi connectivity index (χ4n) is 3.50. The molecule has 0 saturated carbocycles. The molecule has 0 aliphatic carbocycles. The van der Waals surface area contributed by atoms with Gasteiger partial charge in [-0.25, -0.2) is 4.98 Å². The normalized spacial score (nSPS) is 15.4. The summed E-state index contributed by atoms with van der Waals surface area (Å²) in [5, 5.41) is 1.17. The van der Waals surface area contributed by atoms with Gasteiger partial charge in [-0.15, -0.1) is 0 Å². The molecule has 0 radical (unpaired) electrons. The molecule has 1 fully saturated rings. The van der Waals surface area contributed by atoms with Crippen molar-refractivity contribution in [3.8, 4) is 5.75 Å². The van der Waals surface area contributed by atoms with E-state index < -0.39 is 0 Å². The Hall–Kier alpha value is -2.80. The van der Waals surface area contributed by atoms with Gasteiger partial charge in [-0.05, 0) is 31.2 Å². The largest absolute Gasteiger partial charge is 0.492 e. The van der Waals surface area contributed by atoms with Crippen molar-refractivity contribution >= 4 is 16.8 Å². The third-order valence-electron chi connectivity index (χ3n) is 4.99. The molecule has 0 bridgehead atoms. The molecule has 0 atom stereocenters. The average Bonchev–Trinajstić information content (AvgIpc) is 3.26. The monoisotopic (exact) mass is 367 g/mol. The number of imidazole rings is 1. The summed E-state index contributed by atoms with van der Waals surface area (Å²) in [5.41, 5.74) is 2.80. The fourth-order valence-corrected chi connectivity index (χ4v) is 3.50. The van der Waals surface area contributed by atoms with Crippen LogP contribution in [0.1, 0.15) is 16.2 Å². The number of hydrogen-bond donors (Lipinski definition) is 1. The summed E-state index contributed by atoms with van der Waals surface area (Å²) >= 11 is 0. The summed E-state index contributed by atoms with van der Waals surface area (Å²) in [7, 11) is 1.87. The molecule has 0 unspecified atom stereocenters. The second-order valence-corrected chi connectivity index (χ2v) is 7.11. The van der Waals surface area contributed by atoms with Crippen LogP contribution in [0.2, 0.25) is 0 Å². The number of aromatic amines is 1. The molecule has 1 saturated heterocycles. The van der Waals surface area contributed by atoms with Gasteiger partial charge in [0.1, 0.15) is 18.1 Å². The Morgan fingerprint density at radius 1 is 1.22 bits per heavy atom. The first-order valence-electron chi connectivity index (χ1n) is 9.30. The maximum Gasteiger partial charge on any atom is 0.274 e. The fraction of sp³-hybridized carbons (Fsp3) is 0.400. The molecule has 4 rings (SSSR count). The van der Waals surface area contributed by atoms with Crippen LogP contribution < -0.4 is 4.74 Å². The van der Waals surface area contributed by atoms with Crippen molar-refractivity contribution in [1.82, 2.24) is 24.3 Å². The Bertz CT molecular complexity index is 937. The number of rotatable bonds is 5. The highest BCUT2D eigenvalue weighted by Crippen LogP contribution is 2.21. The molecule has 142 valence electrons. The minimum atomic E-state index is 0.0154. The number of aromatic nitrogens is 3. The molecule has 1 amide bonds. The Kier molecular flexibility index (Phi) is 4.85. The third-order valence-corrected chi connectivity index (χ3v) is 4.99. The maximum atomic E-state index is 12.4. The first-order chi connectivity index (χ1) is 13.1. The number of nitrogens with one attached hydrogen (secondary N) is 1. The molecule has 2 aromatic heterocycles. The lowest BCUT2D eigenvalue weighted by Crippen LogP contribution is -2.49. The average molecular weight is 367 g/mol. The Morgan fingerprint density at radius 2 is 2.04 bits per heavy atom. The Balaban J connectivity index is 1.23. The standard InChI is InChI=1S/C20H25N5O2/c1-15-11-16-12-17(3-4-18(16)22-15)27-10-9-24-5-7-25(8-6-24)20(26)19-13-23(2)14-21-19/h3-4,11-14,22H,5-10H2,1-2H3. The highest BCUT2D eigenvalue weighted by atomic mass is 16.5. The van der Waals surface area contributed by atoms with E-state index in [1.165, 1.54) is 5.39 Å². The van der Waals surface area contributed by atoms with Crippen LogP contribution in [0.3, 0.4) is 0 Å². The molecule has 7 nitrogen and oxygen atoms in total. The second kappa shape index (κ2) is 7.44. The number of H-pyrrole nitrogens is 1. The Labute approximate surface area is 158 Å². The smallest absolute Gasteiger partial charge is 0.274 e. The van der Waals surface area contributed by atoms with Crippen molar-refractivity contribution < 1.29 is 9.53 Å². The van der Waals surface area contributed by atoms with Gasteiger partial charge in [-0.2, -0.15) is 0 Å². The van der Waals surface area contributed by atoms with Gasteiger partial charge in [0.2, 0.25) is 0 Å². The van der Waals surface area contributed by atoms with E-state index in [0.29, 0.717) is 12.3 Å². The molecular formula is C20H25N5O2. The highest BCUT2D eigenvalue weighted by molar-refractivity contribution is 5.92. The lowest BCUT2D eigenvalue weighted by Gasteiger charge is -2.34. The van der Waals surface area contributed by atoms with Crippen LogP contribution in [0.25, 0.3) is 10.9 Å². The molecule has 1 aliphatic heterocycles. The molecule has 0 spiro atoms. The SMILES string of the molecule is Cc1cc2cc(OCCN3CCN(C(=O)c4cn(C)cn4)CC3)ccc2[nH]1. The zero-order valence-electron chi connectivity index (χ0n) is 15.8. The number of piperazine rings is 1. The van der Waals surface area contributed by atoms with Crippen LogP contribution in [0, 0.1) is 6.92 Å². The molecule has 1 N–H and O–H groups in total. The predicted molar refractivity (Wildman–Crippen MR) is 104 cm³/mol. The number of carbonyl (C=O) groups excluding carboxylic acids is 1. The second-order valence-electron chi connectivity index (χ2n) is 7.11. The topological polar surface area (TPSA) is 66.4 Å². The van der Waals surface area contributed by atoms with Gasteiger partial charge in [0, 0.05) is 62.6 Å². The summed E-state index contributed by atoms with van der Waals surface area (Å²) in [6.45, 7) is 6.72. The van der Waals surface area contributed by atoms with Crippen molar-refractivity contribution in [2.24, 2.45) is 7.05 Å². The van der Waals surface area contributed by atoms with E-state index in [1.807, 2.05) is 18.0 Å². The van der Waals surface area contributed by atoms with Crippen molar-refractivity contribution in [3.63, 3.8) is 0 Å². The van der Waals surface area contributed by atoms with Crippen LogP contribution in [-0.4, -0.2) is 69.6 Å². The van der Waals surface area contributed by atoms with Crippen LogP contribution in [0.5, 0.6) is 5.75 Å². The van der Waals surface area contributed by atoms with Crippen molar-refractivity contribution in [2.45, 2.75) is 6.92 Å². The van der Waals surface area contributed by atoms with Gasteiger partial charge >= 0.3 is 0 Å². The van der Waals surface area contributed by atoms with Crippen molar-refractivity contribution in [2.75, 3.05) is 39.3 Å². The summed E-state index contributed by atoms with van der Waals surface area (Å²) < 4.78 is 7.72. The number of amides is 1.